The zero-order chi connectivity index (χ0) is 14.7. The van der Waals surface area contributed by atoms with E-state index in [0.717, 1.165) is 28.0 Å². The van der Waals surface area contributed by atoms with Crippen molar-refractivity contribution in [3.63, 3.8) is 0 Å². The summed E-state index contributed by atoms with van der Waals surface area (Å²) < 4.78 is 3.05. The van der Waals surface area contributed by atoms with Crippen LogP contribution in [0.15, 0.2) is 59.6 Å². The van der Waals surface area contributed by atoms with Crippen molar-refractivity contribution in [1.29, 1.82) is 0 Å². The molecule has 0 bridgehead atoms. The van der Waals surface area contributed by atoms with Crippen molar-refractivity contribution in [2.75, 3.05) is 0 Å². The summed E-state index contributed by atoms with van der Waals surface area (Å²) >= 11 is 3.44. The molecule has 0 aliphatic rings. The van der Waals surface area contributed by atoms with Gasteiger partial charge in [0.25, 0.3) is 0 Å². The van der Waals surface area contributed by atoms with Gasteiger partial charge in [-0.2, -0.15) is 0 Å². The second kappa shape index (κ2) is 6.20. The van der Waals surface area contributed by atoms with E-state index < -0.39 is 0 Å². The maximum Gasteiger partial charge on any atom is 0.141 e. The molecule has 1 aromatic carbocycles. The number of nitrogens with two attached hydrogens (primary N) is 1. The molecule has 0 aliphatic carbocycles. The van der Waals surface area contributed by atoms with Crippen LogP contribution in [0.5, 0.6) is 0 Å². The molecule has 0 spiro atoms. The van der Waals surface area contributed by atoms with E-state index in [1.165, 1.54) is 5.56 Å². The third kappa shape index (κ3) is 3.20. The van der Waals surface area contributed by atoms with Gasteiger partial charge in [0.2, 0.25) is 0 Å². The molecule has 21 heavy (non-hydrogen) atoms. The molecule has 3 rings (SSSR count). The van der Waals surface area contributed by atoms with E-state index in [2.05, 4.69) is 42.6 Å². The van der Waals surface area contributed by atoms with Crippen LogP contribution in [0.1, 0.15) is 11.1 Å². The number of nitrogens with zero attached hydrogens (tertiary/aromatic N) is 3. The highest BCUT2D eigenvalue weighted by Crippen LogP contribution is 2.21. The lowest BCUT2D eigenvalue weighted by molar-refractivity contribution is 0.804. The fraction of sp³-hybridized carbons (Fsp3) is 0.125. The number of hydrogen-bond acceptors (Lipinski definition) is 3. The van der Waals surface area contributed by atoms with Crippen LogP contribution in [0.25, 0.3) is 11.4 Å². The largest absolute Gasteiger partial charge is 0.327 e. The highest BCUT2D eigenvalue weighted by molar-refractivity contribution is 9.10. The van der Waals surface area contributed by atoms with Gasteiger partial charge in [-0.1, -0.05) is 24.3 Å². The Labute approximate surface area is 131 Å². The van der Waals surface area contributed by atoms with Gasteiger partial charge in [0.05, 0.1) is 0 Å². The Bertz CT molecular complexity index is 751. The maximum absolute atomic E-state index is 5.70. The molecule has 0 radical (unpaired) electrons. The van der Waals surface area contributed by atoms with Crippen LogP contribution < -0.4 is 5.73 Å². The van der Waals surface area contributed by atoms with Gasteiger partial charge < -0.3 is 10.3 Å². The van der Waals surface area contributed by atoms with Crippen LogP contribution in [0.4, 0.5) is 0 Å². The van der Waals surface area contributed by atoms with Crippen LogP contribution >= 0.6 is 15.9 Å². The normalized spacial score (nSPS) is 10.8. The summed E-state index contributed by atoms with van der Waals surface area (Å²) in [6.07, 6.45) is 7.37. The molecule has 0 fully saturated rings. The zero-order valence-electron chi connectivity index (χ0n) is 11.4. The van der Waals surface area contributed by atoms with Crippen LogP contribution in [0, 0.1) is 0 Å². The summed E-state index contributed by atoms with van der Waals surface area (Å²) in [5.74, 6) is 0.905. The third-order valence-corrected chi connectivity index (χ3v) is 3.69. The van der Waals surface area contributed by atoms with Crippen LogP contribution in [-0.2, 0) is 13.1 Å². The topological polar surface area (TPSA) is 56.7 Å². The van der Waals surface area contributed by atoms with Crippen LogP contribution in [0.3, 0.4) is 0 Å². The second-order valence-electron chi connectivity index (χ2n) is 4.79. The first-order chi connectivity index (χ1) is 10.3. The minimum absolute atomic E-state index is 0.556. The summed E-state index contributed by atoms with van der Waals surface area (Å²) in [6, 6.07) is 10.3. The van der Waals surface area contributed by atoms with E-state index in [4.69, 9.17) is 5.73 Å². The Morgan fingerprint density at radius 3 is 2.81 bits per heavy atom. The van der Waals surface area contributed by atoms with Gasteiger partial charge in [-0.15, -0.1) is 0 Å². The van der Waals surface area contributed by atoms with Crippen molar-refractivity contribution < 1.29 is 0 Å². The molecule has 0 amide bonds. The molecule has 0 aliphatic heterocycles. The average molecular weight is 343 g/mol. The zero-order valence-corrected chi connectivity index (χ0v) is 13.0. The second-order valence-corrected chi connectivity index (χ2v) is 5.71. The summed E-state index contributed by atoms with van der Waals surface area (Å²) in [4.78, 5) is 8.64. The molecule has 0 atom stereocenters. The highest BCUT2D eigenvalue weighted by atomic mass is 79.9. The van der Waals surface area contributed by atoms with Gasteiger partial charge in [-0.3, -0.25) is 4.98 Å². The van der Waals surface area contributed by atoms with E-state index in [-0.39, 0.29) is 0 Å². The molecule has 2 heterocycles. The quantitative estimate of drug-likeness (QED) is 0.791. The molecule has 0 saturated carbocycles. The number of rotatable bonds is 4. The summed E-state index contributed by atoms with van der Waals surface area (Å²) in [7, 11) is 0. The number of hydrogen-bond donors (Lipinski definition) is 1. The van der Waals surface area contributed by atoms with Crippen molar-refractivity contribution in [2.45, 2.75) is 13.1 Å². The predicted octanol–water partition coefficient (Wildman–Crippen LogP) is 3.21. The summed E-state index contributed by atoms with van der Waals surface area (Å²) in [6.45, 7) is 1.32. The fourth-order valence-electron chi connectivity index (χ4n) is 2.28. The summed E-state index contributed by atoms with van der Waals surface area (Å²) in [5, 5.41) is 0. The van der Waals surface area contributed by atoms with Crippen LogP contribution in [0.2, 0.25) is 0 Å². The smallest absolute Gasteiger partial charge is 0.141 e. The fourth-order valence-corrected chi connectivity index (χ4v) is 2.65. The molecule has 2 aromatic heterocycles. The lowest BCUT2D eigenvalue weighted by Gasteiger charge is -2.09. The number of pyridine rings is 1. The number of aromatic nitrogens is 3. The molecule has 5 heteroatoms. The lowest BCUT2D eigenvalue weighted by atomic mass is 10.1. The molecule has 2 N–H and O–H groups in total. The minimum Gasteiger partial charge on any atom is -0.327 e. The van der Waals surface area contributed by atoms with E-state index in [0.29, 0.717) is 6.54 Å². The van der Waals surface area contributed by atoms with E-state index in [9.17, 15) is 0 Å². The first-order valence-electron chi connectivity index (χ1n) is 6.66. The monoisotopic (exact) mass is 342 g/mol. The van der Waals surface area contributed by atoms with E-state index in [1.54, 1.807) is 6.20 Å². The molecular formula is C16H15BrN4. The first-order valence-corrected chi connectivity index (χ1v) is 7.45. The lowest BCUT2D eigenvalue weighted by Crippen LogP contribution is -2.03. The number of halogens is 1. The number of benzene rings is 1. The van der Waals surface area contributed by atoms with Crippen molar-refractivity contribution in [3.05, 3.63) is 70.7 Å². The van der Waals surface area contributed by atoms with Gasteiger partial charge in [0.1, 0.15) is 5.82 Å². The molecule has 3 aromatic rings. The standard InChI is InChI=1S/C16H15BrN4/c17-15-7-14(9-19-10-15)16-20-4-5-21(16)11-13-3-1-2-12(6-13)8-18/h1-7,9-10H,8,11,18H2. The van der Waals surface area contributed by atoms with Crippen molar-refractivity contribution in [2.24, 2.45) is 5.73 Å². The van der Waals surface area contributed by atoms with Gasteiger partial charge in [0.15, 0.2) is 0 Å². The van der Waals surface area contributed by atoms with Crippen LogP contribution in [-0.4, -0.2) is 14.5 Å². The summed E-state index contributed by atoms with van der Waals surface area (Å²) in [5.41, 5.74) is 9.03. The van der Waals surface area contributed by atoms with E-state index >= 15 is 0 Å². The highest BCUT2D eigenvalue weighted by Gasteiger charge is 2.07. The molecule has 0 unspecified atom stereocenters. The van der Waals surface area contributed by atoms with Gasteiger partial charge in [-0.05, 0) is 33.1 Å². The Kier molecular flexibility index (Phi) is 4.13. The maximum atomic E-state index is 5.70. The molecule has 4 nitrogen and oxygen atoms in total. The minimum atomic E-state index is 0.556. The Balaban J connectivity index is 1.92. The van der Waals surface area contributed by atoms with Crippen molar-refractivity contribution in [3.8, 4) is 11.4 Å². The van der Waals surface area contributed by atoms with E-state index in [1.807, 2.05) is 36.8 Å². The number of imidazole rings is 1. The van der Waals surface area contributed by atoms with Crippen molar-refractivity contribution in [1.82, 2.24) is 14.5 Å². The molecular weight excluding hydrogens is 328 g/mol. The Hall–Kier alpha value is -1.98. The Morgan fingerprint density at radius 2 is 2.00 bits per heavy atom. The van der Waals surface area contributed by atoms with Gasteiger partial charge in [0, 0.05) is 47.9 Å². The SMILES string of the molecule is NCc1cccc(Cn2ccnc2-c2cncc(Br)c2)c1. The first kappa shape index (κ1) is 14.0. The molecule has 106 valence electrons. The third-order valence-electron chi connectivity index (χ3n) is 3.26. The van der Waals surface area contributed by atoms with Gasteiger partial charge in [-0.25, -0.2) is 4.98 Å². The Morgan fingerprint density at radius 1 is 1.14 bits per heavy atom. The average Bonchev–Trinajstić information content (AvgIpc) is 2.95. The molecule has 0 saturated heterocycles. The van der Waals surface area contributed by atoms with Gasteiger partial charge >= 0.3 is 0 Å². The predicted molar refractivity (Wildman–Crippen MR) is 86.6 cm³/mol. The van der Waals surface area contributed by atoms with Crippen molar-refractivity contribution >= 4 is 15.9 Å².